The second-order valence-electron chi connectivity index (χ2n) is 2.65. The maximum Gasteiger partial charge on any atom is 0.138 e. The first-order valence-electron chi connectivity index (χ1n) is 3.69. The summed E-state index contributed by atoms with van der Waals surface area (Å²) >= 11 is 4.75. The van der Waals surface area contributed by atoms with Gasteiger partial charge >= 0.3 is 0 Å². The Bertz CT molecular complexity index is 452. The lowest BCUT2D eigenvalue weighted by atomic mass is 10.1. The van der Waals surface area contributed by atoms with E-state index >= 15 is 0 Å². The minimum Gasteiger partial charge on any atom is -0.392 e. The molecule has 0 aliphatic rings. The molecule has 1 heterocycles. The number of hydrogen-bond donors (Lipinski definition) is 1. The molecule has 1 aromatic heterocycles. The fourth-order valence-corrected chi connectivity index (χ4v) is 2.83. The van der Waals surface area contributed by atoms with Crippen LogP contribution >= 0.6 is 27.3 Å². The third-order valence-corrected chi connectivity index (χ3v) is 3.76. The van der Waals surface area contributed by atoms with Gasteiger partial charge in [-0.15, -0.1) is 11.3 Å². The van der Waals surface area contributed by atoms with Crippen molar-refractivity contribution in [1.82, 2.24) is 0 Å². The fourth-order valence-electron chi connectivity index (χ4n) is 1.22. The average molecular weight is 261 g/mol. The lowest BCUT2D eigenvalue weighted by molar-refractivity contribution is 0.276. The Balaban J connectivity index is 2.83. The van der Waals surface area contributed by atoms with E-state index in [1.807, 2.05) is 11.4 Å². The quantitative estimate of drug-likeness (QED) is 0.835. The summed E-state index contributed by atoms with van der Waals surface area (Å²) in [6.07, 6.45) is 0. The second kappa shape index (κ2) is 3.36. The van der Waals surface area contributed by atoms with Crippen LogP contribution < -0.4 is 0 Å². The van der Waals surface area contributed by atoms with Gasteiger partial charge in [0.05, 0.1) is 6.61 Å². The van der Waals surface area contributed by atoms with Gasteiger partial charge in [-0.1, -0.05) is 6.07 Å². The lowest BCUT2D eigenvalue weighted by Crippen LogP contribution is -1.89. The summed E-state index contributed by atoms with van der Waals surface area (Å²) in [7, 11) is 0. The number of aliphatic hydroxyl groups is 1. The van der Waals surface area contributed by atoms with Crippen molar-refractivity contribution in [2.45, 2.75) is 6.61 Å². The molecule has 0 aliphatic carbocycles. The molecule has 1 nitrogen and oxygen atoms in total. The maximum atomic E-state index is 13.6. The van der Waals surface area contributed by atoms with E-state index < -0.39 is 0 Å². The molecule has 0 saturated carbocycles. The highest BCUT2D eigenvalue weighted by Gasteiger charge is 2.10. The first kappa shape index (κ1) is 9.12. The molecule has 0 atom stereocenters. The van der Waals surface area contributed by atoms with Crippen LogP contribution in [0, 0.1) is 5.82 Å². The summed E-state index contributed by atoms with van der Waals surface area (Å²) in [6.45, 7) is -0.260. The topological polar surface area (TPSA) is 20.2 Å². The van der Waals surface area contributed by atoms with Gasteiger partial charge in [0, 0.05) is 25.5 Å². The largest absolute Gasteiger partial charge is 0.392 e. The molecule has 2 rings (SSSR count). The smallest absolute Gasteiger partial charge is 0.138 e. The highest BCUT2D eigenvalue weighted by molar-refractivity contribution is 9.10. The van der Waals surface area contributed by atoms with Crippen LogP contribution in [0.25, 0.3) is 10.1 Å². The molecular weight excluding hydrogens is 255 g/mol. The van der Waals surface area contributed by atoms with Crippen LogP contribution in [0.4, 0.5) is 4.39 Å². The van der Waals surface area contributed by atoms with Crippen LogP contribution in [-0.2, 0) is 6.61 Å². The van der Waals surface area contributed by atoms with E-state index in [1.165, 1.54) is 11.3 Å². The molecule has 0 unspecified atom stereocenters. The zero-order valence-electron chi connectivity index (χ0n) is 6.55. The maximum absolute atomic E-state index is 13.6. The number of thiophene rings is 1. The highest BCUT2D eigenvalue weighted by Crippen LogP contribution is 2.33. The number of rotatable bonds is 1. The van der Waals surface area contributed by atoms with Crippen molar-refractivity contribution < 1.29 is 9.50 Å². The van der Waals surface area contributed by atoms with E-state index in [4.69, 9.17) is 5.11 Å². The highest BCUT2D eigenvalue weighted by atomic mass is 79.9. The van der Waals surface area contributed by atoms with Gasteiger partial charge in [0.1, 0.15) is 5.82 Å². The number of aliphatic hydroxyl groups excluding tert-OH is 1. The van der Waals surface area contributed by atoms with E-state index in [2.05, 4.69) is 15.9 Å². The number of halogens is 2. The molecule has 68 valence electrons. The van der Waals surface area contributed by atoms with Gasteiger partial charge in [-0.2, -0.15) is 0 Å². The molecule has 1 N–H and O–H groups in total. The van der Waals surface area contributed by atoms with Gasteiger partial charge in [0.25, 0.3) is 0 Å². The monoisotopic (exact) mass is 260 g/mol. The molecule has 0 bridgehead atoms. The molecule has 1 aromatic carbocycles. The summed E-state index contributed by atoms with van der Waals surface area (Å²) < 4.78 is 15.2. The van der Waals surface area contributed by atoms with Crippen LogP contribution in [0.3, 0.4) is 0 Å². The zero-order valence-corrected chi connectivity index (χ0v) is 8.95. The Hall–Kier alpha value is -0.450. The third-order valence-electron chi connectivity index (χ3n) is 1.88. The van der Waals surface area contributed by atoms with Crippen molar-refractivity contribution in [3.63, 3.8) is 0 Å². The predicted molar refractivity (Wildman–Crippen MR) is 55.4 cm³/mol. The molecule has 4 heteroatoms. The molecule has 0 amide bonds. The van der Waals surface area contributed by atoms with Crippen LogP contribution in [0.5, 0.6) is 0 Å². The fraction of sp³-hybridized carbons (Fsp3) is 0.111. The standard InChI is InChI=1S/C9H6BrFOS/c10-6-4-13-7-2-1-5(3-12)9(11)8(6)7/h1-2,4,12H,3H2. The van der Waals surface area contributed by atoms with Gasteiger partial charge in [-0.3, -0.25) is 0 Å². The summed E-state index contributed by atoms with van der Waals surface area (Å²) in [5.41, 5.74) is 0.339. The lowest BCUT2D eigenvalue weighted by Gasteiger charge is -2.00. The minimum absolute atomic E-state index is 0.260. The van der Waals surface area contributed by atoms with Crippen LogP contribution in [0.15, 0.2) is 22.0 Å². The third kappa shape index (κ3) is 1.39. The van der Waals surface area contributed by atoms with Gasteiger partial charge in [0.15, 0.2) is 0 Å². The Morgan fingerprint density at radius 3 is 2.92 bits per heavy atom. The SMILES string of the molecule is OCc1ccc2scc(Br)c2c1F. The van der Waals surface area contributed by atoms with Gasteiger partial charge in [0.2, 0.25) is 0 Å². The molecule has 0 saturated heterocycles. The summed E-state index contributed by atoms with van der Waals surface area (Å²) in [5.74, 6) is -0.326. The molecule has 2 aromatic rings. The van der Waals surface area contributed by atoms with Crippen molar-refractivity contribution in [3.05, 3.63) is 33.4 Å². The number of benzene rings is 1. The van der Waals surface area contributed by atoms with E-state index in [0.717, 1.165) is 9.17 Å². The Kier molecular flexibility index (Phi) is 2.36. The second-order valence-corrected chi connectivity index (χ2v) is 4.42. The average Bonchev–Trinajstić information content (AvgIpc) is 2.49. The molecule has 0 spiro atoms. The van der Waals surface area contributed by atoms with Crippen LogP contribution in [-0.4, -0.2) is 5.11 Å². The van der Waals surface area contributed by atoms with E-state index in [1.54, 1.807) is 6.07 Å². The van der Waals surface area contributed by atoms with Gasteiger partial charge in [-0.25, -0.2) is 4.39 Å². The van der Waals surface area contributed by atoms with Crippen molar-refractivity contribution in [2.75, 3.05) is 0 Å². The van der Waals surface area contributed by atoms with Gasteiger partial charge in [-0.05, 0) is 22.0 Å². The molecule has 0 aliphatic heterocycles. The van der Waals surface area contributed by atoms with Crippen LogP contribution in [0.1, 0.15) is 5.56 Å². The molecular formula is C9H6BrFOS. The van der Waals surface area contributed by atoms with E-state index in [9.17, 15) is 4.39 Å². The summed E-state index contributed by atoms with van der Waals surface area (Å²) in [5, 5.41) is 11.3. The number of hydrogen-bond acceptors (Lipinski definition) is 2. The van der Waals surface area contributed by atoms with Crippen molar-refractivity contribution in [1.29, 1.82) is 0 Å². The Morgan fingerprint density at radius 1 is 1.46 bits per heavy atom. The zero-order chi connectivity index (χ0) is 9.42. The van der Waals surface area contributed by atoms with E-state index in [0.29, 0.717) is 10.9 Å². The Labute approximate surface area is 86.9 Å². The molecule has 0 fully saturated rings. The normalized spacial score (nSPS) is 11.0. The first-order valence-corrected chi connectivity index (χ1v) is 5.36. The van der Waals surface area contributed by atoms with E-state index in [-0.39, 0.29) is 12.4 Å². The van der Waals surface area contributed by atoms with Crippen molar-refractivity contribution in [3.8, 4) is 0 Å². The molecule has 0 radical (unpaired) electrons. The summed E-state index contributed by atoms with van der Waals surface area (Å²) in [6, 6.07) is 3.43. The predicted octanol–water partition coefficient (Wildman–Crippen LogP) is 3.30. The number of fused-ring (bicyclic) bond motifs is 1. The van der Waals surface area contributed by atoms with Crippen molar-refractivity contribution in [2.24, 2.45) is 0 Å². The summed E-state index contributed by atoms with van der Waals surface area (Å²) in [4.78, 5) is 0. The first-order chi connectivity index (χ1) is 6.24. The van der Waals surface area contributed by atoms with Crippen LogP contribution in [0.2, 0.25) is 0 Å². The van der Waals surface area contributed by atoms with Gasteiger partial charge < -0.3 is 5.11 Å². The Morgan fingerprint density at radius 2 is 2.23 bits per heavy atom. The minimum atomic E-state index is -0.326. The molecule has 13 heavy (non-hydrogen) atoms. The van der Waals surface area contributed by atoms with Crippen molar-refractivity contribution >= 4 is 37.4 Å².